The lowest BCUT2D eigenvalue weighted by Gasteiger charge is -2.04. The average molecular weight is 339 g/mol. The number of aromatic nitrogens is 2. The summed E-state index contributed by atoms with van der Waals surface area (Å²) in [5.74, 6) is -0.261. The third-order valence-corrected chi connectivity index (χ3v) is 4.27. The highest BCUT2D eigenvalue weighted by atomic mass is 19.1. The van der Waals surface area contributed by atoms with Gasteiger partial charge in [0.2, 0.25) is 0 Å². The zero-order chi connectivity index (χ0) is 17.9. The summed E-state index contributed by atoms with van der Waals surface area (Å²) < 4.78 is 13.2. The molecule has 0 radical (unpaired) electrons. The molecule has 0 fully saturated rings. The van der Waals surface area contributed by atoms with Crippen LogP contribution in [0, 0.1) is 17.1 Å². The summed E-state index contributed by atoms with van der Waals surface area (Å²) >= 11 is 0. The summed E-state index contributed by atoms with van der Waals surface area (Å²) in [5.41, 5.74) is 5.09. The van der Waals surface area contributed by atoms with Gasteiger partial charge in [0.25, 0.3) is 0 Å². The summed E-state index contributed by atoms with van der Waals surface area (Å²) in [7, 11) is 0. The maximum atomic E-state index is 13.2. The van der Waals surface area contributed by atoms with Gasteiger partial charge in [0.15, 0.2) is 0 Å². The van der Waals surface area contributed by atoms with Crippen LogP contribution in [0.3, 0.4) is 0 Å². The first-order valence-electron chi connectivity index (χ1n) is 8.14. The molecule has 0 aliphatic carbocycles. The summed E-state index contributed by atoms with van der Waals surface area (Å²) in [6.45, 7) is 0. The molecule has 4 rings (SSSR count). The summed E-state index contributed by atoms with van der Waals surface area (Å²) in [4.78, 5) is 7.29. The molecule has 0 spiro atoms. The van der Waals surface area contributed by atoms with E-state index in [1.807, 2.05) is 42.6 Å². The fraction of sp³-hybridized carbons (Fsp3) is 0. The van der Waals surface area contributed by atoms with Gasteiger partial charge in [0.05, 0.1) is 11.6 Å². The molecule has 0 aliphatic rings. The molecule has 2 aromatic carbocycles. The van der Waals surface area contributed by atoms with Gasteiger partial charge in [-0.3, -0.25) is 4.98 Å². The van der Waals surface area contributed by atoms with E-state index >= 15 is 0 Å². The van der Waals surface area contributed by atoms with E-state index in [9.17, 15) is 9.65 Å². The number of nitrogens with zero attached hydrogens (tertiary/aromatic N) is 2. The van der Waals surface area contributed by atoms with Crippen molar-refractivity contribution in [3.8, 4) is 17.2 Å². The topological polar surface area (TPSA) is 52.5 Å². The third-order valence-electron chi connectivity index (χ3n) is 4.27. The molecule has 2 aromatic heterocycles. The van der Waals surface area contributed by atoms with Gasteiger partial charge in [-0.25, -0.2) is 4.39 Å². The molecule has 0 unspecified atom stereocenters. The Labute approximate surface area is 150 Å². The molecule has 0 saturated carbocycles. The van der Waals surface area contributed by atoms with Crippen molar-refractivity contribution >= 4 is 22.6 Å². The minimum absolute atomic E-state index is 0.261. The van der Waals surface area contributed by atoms with Crippen LogP contribution in [0.2, 0.25) is 0 Å². The van der Waals surface area contributed by atoms with Crippen molar-refractivity contribution in [2.75, 3.05) is 0 Å². The fourth-order valence-corrected chi connectivity index (χ4v) is 2.96. The predicted octanol–water partition coefficient (Wildman–Crippen LogP) is 5.43. The quantitative estimate of drug-likeness (QED) is 0.506. The Morgan fingerprint density at radius 1 is 1.08 bits per heavy atom. The molecule has 4 aromatic rings. The minimum Gasteiger partial charge on any atom is -0.361 e. The highest BCUT2D eigenvalue weighted by Gasteiger charge is 2.10. The Morgan fingerprint density at radius 3 is 2.62 bits per heavy atom. The molecular weight excluding hydrogens is 325 g/mol. The van der Waals surface area contributed by atoms with Gasteiger partial charge < -0.3 is 4.98 Å². The first-order chi connectivity index (χ1) is 12.7. The van der Waals surface area contributed by atoms with E-state index < -0.39 is 0 Å². The second-order valence-electron chi connectivity index (χ2n) is 5.93. The van der Waals surface area contributed by atoms with Crippen molar-refractivity contribution in [2.24, 2.45) is 0 Å². The lowest BCUT2D eigenvalue weighted by molar-refractivity contribution is 0.628. The van der Waals surface area contributed by atoms with Gasteiger partial charge in [-0.1, -0.05) is 24.3 Å². The zero-order valence-corrected chi connectivity index (χ0v) is 13.8. The molecule has 0 amide bonds. The van der Waals surface area contributed by atoms with E-state index in [1.165, 1.54) is 12.1 Å². The highest BCUT2D eigenvalue weighted by Crippen LogP contribution is 2.30. The summed E-state index contributed by atoms with van der Waals surface area (Å²) in [6, 6.07) is 18.4. The van der Waals surface area contributed by atoms with Crippen LogP contribution in [0.15, 0.2) is 73.2 Å². The van der Waals surface area contributed by atoms with E-state index in [2.05, 4.69) is 16.0 Å². The number of halogens is 1. The molecule has 2 heterocycles. The second-order valence-corrected chi connectivity index (χ2v) is 5.93. The molecular formula is C22H14FN3. The number of nitrogens with one attached hydrogen (secondary N) is 1. The van der Waals surface area contributed by atoms with Crippen LogP contribution in [0.25, 0.3) is 33.7 Å². The molecule has 3 nitrogen and oxygen atoms in total. The summed E-state index contributed by atoms with van der Waals surface area (Å²) in [5, 5.41) is 10.6. The van der Waals surface area contributed by atoms with Gasteiger partial charge >= 0.3 is 0 Å². The third kappa shape index (κ3) is 2.99. The number of hydrogen-bond acceptors (Lipinski definition) is 2. The van der Waals surface area contributed by atoms with Gasteiger partial charge in [-0.15, -0.1) is 0 Å². The van der Waals surface area contributed by atoms with Crippen molar-refractivity contribution in [2.45, 2.75) is 0 Å². The van der Waals surface area contributed by atoms with Gasteiger partial charge in [0, 0.05) is 35.1 Å². The molecule has 1 N–H and O–H groups in total. The molecule has 26 heavy (non-hydrogen) atoms. The molecule has 124 valence electrons. The maximum Gasteiger partial charge on any atom is 0.123 e. The Hall–Kier alpha value is -3.71. The van der Waals surface area contributed by atoms with Crippen molar-refractivity contribution < 1.29 is 4.39 Å². The van der Waals surface area contributed by atoms with E-state index in [4.69, 9.17) is 0 Å². The second kappa shape index (κ2) is 6.66. The average Bonchev–Trinajstić information content (AvgIpc) is 3.10. The van der Waals surface area contributed by atoms with Crippen LogP contribution in [0.1, 0.15) is 11.1 Å². The molecule has 4 heteroatoms. The first-order valence-corrected chi connectivity index (χ1v) is 8.14. The fourth-order valence-electron chi connectivity index (χ4n) is 2.96. The van der Waals surface area contributed by atoms with Crippen LogP contribution in [-0.2, 0) is 0 Å². The Bertz CT molecular complexity index is 1130. The molecule has 0 aliphatic heterocycles. The van der Waals surface area contributed by atoms with Gasteiger partial charge in [-0.05, 0) is 53.1 Å². The first kappa shape index (κ1) is 15.8. The van der Waals surface area contributed by atoms with Crippen molar-refractivity contribution in [3.63, 3.8) is 0 Å². The number of benzene rings is 2. The minimum atomic E-state index is -0.261. The highest BCUT2D eigenvalue weighted by molar-refractivity contribution is 6.02. The number of pyridine rings is 1. The van der Waals surface area contributed by atoms with E-state index in [-0.39, 0.29) is 5.82 Å². The van der Waals surface area contributed by atoms with Crippen LogP contribution in [0.4, 0.5) is 4.39 Å². The Kier molecular flexibility index (Phi) is 4.04. The van der Waals surface area contributed by atoms with E-state index in [1.54, 1.807) is 24.5 Å². The maximum absolute atomic E-state index is 13.2. The number of hydrogen-bond donors (Lipinski definition) is 1. The Balaban J connectivity index is 1.83. The number of fused-ring (bicyclic) bond motifs is 1. The standard InChI is InChI=1S/C22H14FN3/c23-19-6-3-16(4-7-19)17-5-8-22-20(11-17)21(14-26-22)18(12-24)10-15-2-1-9-25-13-15/h1-11,13-14,26H. The zero-order valence-electron chi connectivity index (χ0n) is 13.8. The lowest BCUT2D eigenvalue weighted by atomic mass is 9.99. The van der Waals surface area contributed by atoms with Crippen LogP contribution in [-0.4, -0.2) is 9.97 Å². The number of aromatic amines is 1. The van der Waals surface area contributed by atoms with Crippen LogP contribution < -0.4 is 0 Å². The number of allylic oxidation sites excluding steroid dienone is 1. The van der Waals surface area contributed by atoms with Crippen molar-refractivity contribution in [1.82, 2.24) is 9.97 Å². The van der Waals surface area contributed by atoms with Crippen molar-refractivity contribution in [1.29, 1.82) is 5.26 Å². The van der Waals surface area contributed by atoms with Gasteiger partial charge in [0.1, 0.15) is 5.82 Å². The molecule has 0 atom stereocenters. The molecule has 0 bridgehead atoms. The number of nitriles is 1. The predicted molar refractivity (Wildman–Crippen MR) is 101 cm³/mol. The van der Waals surface area contributed by atoms with Gasteiger partial charge in [-0.2, -0.15) is 5.26 Å². The largest absolute Gasteiger partial charge is 0.361 e. The van der Waals surface area contributed by atoms with Crippen LogP contribution >= 0.6 is 0 Å². The number of rotatable bonds is 3. The smallest absolute Gasteiger partial charge is 0.123 e. The molecule has 0 saturated heterocycles. The SMILES string of the molecule is N#CC(=Cc1cccnc1)c1c[nH]c2ccc(-c3ccc(F)cc3)cc12. The van der Waals surface area contributed by atoms with E-state index in [0.29, 0.717) is 5.57 Å². The van der Waals surface area contributed by atoms with E-state index in [0.717, 1.165) is 33.2 Å². The normalized spacial score (nSPS) is 11.5. The van der Waals surface area contributed by atoms with Crippen molar-refractivity contribution in [3.05, 3.63) is 90.1 Å². The summed E-state index contributed by atoms with van der Waals surface area (Å²) in [6.07, 6.45) is 7.07. The monoisotopic (exact) mass is 339 g/mol. The Morgan fingerprint density at radius 2 is 1.88 bits per heavy atom. The van der Waals surface area contributed by atoms with Crippen LogP contribution in [0.5, 0.6) is 0 Å². The number of H-pyrrole nitrogens is 1. The lowest BCUT2D eigenvalue weighted by Crippen LogP contribution is -1.83.